The van der Waals surface area contributed by atoms with Gasteiger partial charge in [-0.25, -0.2) is 0 Å². The lowest BCUT2D eigenvalue weighted by molar-refractivity contribution is 0.0310. The lowest BCUT2D eigenvalue weighted by Crippen LogP contribution is -2.47. The van der Waals surface area contributed by atoms with Crippen LogP contribution in [-0.2, 0) is 4.74 Å². The standard InChI is InChI=1S/C22H39N5O2/c1-6-23-21(25-18-22(2,3)29-5)24-12-7-13-26-14-16-27(17-15-26)19-8-10-20(28-4)11-9-19/h8-11H,6-7,12-18H2,1-5H3,(H2,23,24,25). The number of anilines is 1. The van der Waals surface area contributed by atoms with Gasteiger partial charge in [0.2, 0.25) is 0 Å². The molecule has 0 radical (unpaired) electrons. The molecule has 1 aromatic carbocycles. The molecule has 1 aromatic rings. The number of hydrogen-bond donors (Lipinski definition) is 2. The van der Waals surface area contributed by atoms with Gasteiger partial charge in [-0.3, -0.25) is 9.89 Å². The fourth-order valence-electron chi connectivity index (χ4n) is 3.21. The average Bonchev–Trinajstić information content (AvgIpc) is 2.75. The van der Waals surface area contributed by atoms with Crippen LogP contribution in [0.25, 0.3) is 0 Å². The van der Waals surface area contributed by atoms with Gasteiger partial charge in [0.05, 0.1) is 19.3 Å². The molecule has 7 nitrogen and oxygen atoms in total. The number of piperazine rings is 1. The number of benzene rings is 1. The maximum absolute atomic E-state index is 5.44. The Morgan fingerprint density at radius 2 is 1.76 bits per heavy atom. The minimum atomic E-state index is -0.244. The highest BCUT2D eigenvalue weighted by Gasteiger charge is 2.17. The van der Waals surface area contributed by atoms with E-state index in [-0.39, 0.29) is 5.60 Å². The van der Waals surface area contributed by atoms with Crippen LogP contribution in [0.5, 0.6) is 5.75 Å². The molecule has 0 aliphatic carbocycles. The van der Waals surface area contributed by atoms with Gasteiger partial charge >= 0.3 is 0 Å². The summed E-state index contributed by atoms with van der Waals surface area (Å²) in [4.78, 5) is 9.62. The quantitative estimate of drug-likeness (QED) is 0.354. The van der Waals surface area contributed by atoms with Crippen LogP contribution in [0.4, 0.5) is 5.69 Å². The monoisotopic (exact) mass is 405 g/mol. The number of nitrogens with zero attached hydrogens (tertiary/aromatic N) is 3. The number of methoxy groups -OCH3 is 2. The predicted molar refractivity (Wildman–Crippen MR) is 121 cm³/mol. The van der Waals surface area contributed by atoms with E-state index in [1.165, 1.54) is 5.69 Å². The largest absolute Gasteiger partial charge is 0.497 e. The average molecular weight is 406 g/mol. The molecule has 29 heavy (non-hydrogen) atoms. The van der Waals surface area contributed by atoms with Crippen LogP contribution in [0, 0.1) is 0 Å². The molecule has 1 aliphatic heterocycles. The second-order valence-corrected chi connectivity index (χ2v) is 7.97. The molecule has 164 valence electrons. The van der Waals surface area contributed by atoms with Gasteiger partial charge in [0, 0.05) is 52.1 Å². The SMILES string of the molecule is CCNC(=NCC(C)(C)OC)NCCCN1CCN(c2ccc(OC)cc2)CC1. The van der Waals surface area contributed by atoms with Crippen LogP contribution in [0.15, 0.2) is 29.3 Å². The summed E-state index contributed by atoms with van der Waals surface area (Å²) in [5, 5.41) is 6.74. The van der Waals surface area contributed by atoms with E-state index in [0.29, 0.717) is 6.54 Å². The van der Waals surface area contributed by atoms with E-state index in [1.54, 1.807) is 14.2 Å². The first-order valence-electron chi connectivity index (χ1n) is 10.7. The Morgan fingerprint density at radius 1 is 1.07 bits per heavy atom. The third-order valence-corrected chi connectivity index (χ3v) is 5.27. The van der Waals surface area contributed by atoms with Crippen molar-refractivity contribution in [1.29, 1.82) is 0 Å². The molecule has 0 unspecified atom stereocenters. The Morgan fingerprint density at radius 3 is 2.34 bits per heavy atom. The maximum atomic E-state index is 5.44. The molecule has 0 aromatic heterocycles. The molecule has 0 bridgehead atoms. The summed E-state index contributed by atoms with van der Waals surface area (Å²) in [6.45, 7) is 14.0. The maximum Gasteiger partial charge on any atom is 0.191 e. The zero-order chi connectivity index (χ0) is 21.1. The fourth-order valence-corrected chi connectivity index (χ4v) is 3.21. The topological polar surface area (TPSA) is 61.4 Å². The fraction of sp³-hybridized carbons (Fsp3) is 0.682. The number of rotatable bonds is 10. The molecule has 0 spiro atoms. The van der Waals surface area contributed by atoms with Crippen molar-refractivity contribution in [2.75, 3.05) is 71.5 Å². The number of aliphatic imine (C=N–C) groups is 1. The van der Waals surface area contributed by atoms with E-state index in [0.717, 1.165) is 63.9 Å². The van der Waals surface area contributed by atoms with Crippen molar-refractivity contribution in [3.63, 3.8) is 0 Å². The van der Waals surface area contributed by atoms with Gasteiger partial charge in [0.15, 0.2) is 5.96 Å². The lowest BCUT2D eigenvalue weighted by Gasteiger charge is -2.36. The first kappa shape index (κ1) is 23.3. The van der Waals surface area contributed by atoms with E-state index in [1.807, 2.05) is 26.0 Å². The van der Waals surface area contributed by atoms with Crippen LogP contribution >= 0.6 is 0 Å². The van der Waals surface area contributed by atoms with Crippen molar-refractivity contribution in [3.8, 4) is 5.75 Å². The van der Waals surface area contributed by atoms with Crippen LogP contribution in [0.2, 0.25) is 0 Å². The predicted octanol–water partition coefficient (Wildman–Crippen LogP) is 2.19. The van der Waals surface area contributed by atoms with Gasteiger partial charge in [-0.15, -0.1) is 0 Å². The molecular formula is C22H39N5O2. The Kier molecular flexibility index (Phi) is 9.54. The Balaban J connectivity index is 1.68. The molecule has 1 fully saturated rings. The Hall–Kier alpha value is -1.99. The highest BCUT2D eigenvalue weighted by atomic mass is 16.5. The van der Waals surface area contributed by atoms with Crippen LogP contribution in [0.3, 0.4) is 0 Å². The van der Waals surface area contributed by atoms with Gasteiger partial charge < -0.3 is 25.0 Å². The first-order valence-corrected chi connectivity index (χ1v) is 10.7. The van der Waals surface area contributed by atoms with Gasteiger partial charge in [0.1, 0.15) is 5.75 Å². The van der Waals surface area contributed by atoms with Gasteiger partial charge in [-0.1, -0.05) is 0 Å². The van der Waals surface area contributed by atoms with E-state index < -0.39 is 0 Å². The third-order valence-electron chi connectivity index (χ3n) is 5.27. The molecule has 0 amide bonds. The third kappa shape index (κ3) is 8.11. The molecule has 1 saturated heterocycles. The zero-order valence-corrected chi connectivity index (χ0v) is 18.8. The summed E-state index contributed by atoms with van der Waals surface area (Å²) < 4.78 is 10.7. The lowest BCUT2D eigenvalue weighted by atomic mass is 10.1. The molecule has 0 saturated carbocycles. The second-order valence-electron chi connectivity index (χ2n) is 7.97. The summed E-state index contributed by atoms with van der Waals surface area (Å²) in [7, 11) is 3.43. The molecule has 0 atom stereocenters. The van der Waals surface area contributed by atoms with E-state index in [2.05, 4.69) is 44.5 Å². The summed E-state index contributed by atoms with van der Waals surface area (Å²) in [6.07, 6.45) is 1.10. The summed E-state index contributed by atoms with van der Waals surface area (Å²) >= 11 is 0. The number of hydrogen-bond acceptors (Lipinski definition) is 5. The summed E-state index contributed by atoms with van der Waals surface area (Å²) in [5.74, 6) is 1.77. The second kappa shape index (κ2) is 11.9. The van der Waals surface area contributed by atoms with Crippen molar-refractivity contribution in [3.05, 3.63) is 24.3 Å². The van der Waals surface area contributed by atoms with Crippen LogP contribution in [0.1, 0.15) is 27.2 Å². The normalized spacial score (nSPS) is 16.0. The van der Waals surface area contributed by atoms with Crippen molar-refractivity contribution in [2.45, 2.75) is 32.8 Å². The Labute approximate surface area is 176 Å². The highest BCUT2D eigenvalue weighted by molar-refractivity contribution is 5.79. The van der Waals surface area contributed by atoms with Crippen molar-refractivity contribution in [1.82, 2.24) is 15.5 Å². The number of ether oxygens (including phenoxy) is 2. The molecule has 2 rings (SSSR count). The summed E-state index contributed by atoms with van der Waals surface area (Å²) in [5.41, 5.74) is 1.03. The zero-order valence-electron chi connectivity index (χ0n) is 18.8. The van der Waals surface area contributed by atoms with Gasteiger partial charge in [-0.2, -0.15) is 0 Å². The van der Waals surface area contributed by atoms with E-state index >= 15 is 0 Å². The van der Waals surface area contributed by atoms with Gasteiger partial charge in [-0.05, 0) is 58.0 Å². The molecular weight excluding hydrogens is 366 g/mol. The van der Waals surface area contributed by atoms with Crippen LogP contribution in [-0.4, -0.2) is 83.0 Å². The Bertz CT molecular complexity index is 610. The van der Waals surface area contributed by atoms with E-state index in [4.69, 9.17) is 9.47 Å². The molecule has 1 heterocycles. The van der Waals surface area contributed by atoms with Crippen LogP contribution < -0.4 is 20.3 Å². The molecule has 7 heteroatoms. The van der Waals surface area contributed by atoms with E-state index in [9.17, 15) is 0 Å². The summed E-state index contributed by atoms with van der Waals surface area (Å²) in [6, 6.07) is 8.35. The van der Waals surface area contributed by atoms with Gasteiger partial charge in [0.25, 0.3) is 0 Å². The van der Waals surface area contributed by atoms with Crippen molar-refractivity contribution in [2.24, 2.45) is 4.99 Å². The number of guanidine groups is 1. The molecule has 1 aliphatic rings. The minimum Gasteiger partial charge on any atom is -0.497 e. The first-order chi connectivity index (χ1) is 14.0. The van der Waals surface area contributed by atoms with Crippen molar-refractivity contribution < 1.29 is 9.47 Å². The number of nitrogens with one attached hydrogen (secondary N) is 2. The molecule has 2 N–H and O–H groups in total. The smallest absolute Gasteiger partial charge is 0.191 e. The van der Waals surface area contributed by atoms with Crippen molar-refractivity contribution >= 4 is 11.6 Å². The minimum absolute atomic E-state index is 0.244. The highest BCUT2D eigenvalue weighted by Crippen LogP contribution is 2.20.